The molecule has 1 saturated heterocycles. The van der Waals surface area contributed by atoms with Gasteiger partial charge < -0.3 is 10.0 Å². The maximum atomic E-state index is 13.2. The van der Waals surface area contributed by atoms with Crippen LogP contribution in [-0.4, -0.2) is 45.4 Å². The SMILES string of the molecule is Cc1nn(C)c(C)c1CCC(=O)N1CCCC(CO)(Cc2ccc(F)cc2)C1. The zero-order valence-corrected chi connectivity index (χ0v) is 17.0. The van der Waals surface area contributed by atoms with E-state index < -0.39 is 0 Å². The zero-order chi connectivity index (χ0) is 20.3. The summed E-state index contributed by atoms with van der Waals surface area (Å²) in [5.41, 5.74) is 3.86. The van der Waals surface area contributed by atoms with Crippen molar-refractivity contribution in [1.29, 1.82) is 0 Å². The molecule has 1 unspecified atom stereocenters. The van der Waals surface area contributed by atoms with Crippen molar-refractivity contribution >= 4 is 5.91 Å². The number of aromatic nitrogens is 2. The zero-order valence-electron chi connectivity index (χ0n) is 17.0. The first kappa shape index (κ1) is 20.5. The molecule has 0 aliphatic carbocycles. The predicted molar refractivity (Wildman–Crippen MR) is 106 cm³/mol. The first-order chi connectivity index (χ1) is 13.3. The quantitative estimate of drug-likeness (QED) is 0.829. The van der Waals surface area contributed by atoms with Gasteiger partial charge in [-0.05, 0) is 62.8 Å². The number of piperidine rings is 1. The Bertz CT molecular complexity index is 831. The van der Waals surface area contributed by atoms with Crippen molar-refractivity contribution in [3.05, 3.63) is 52.6 Å². The van der Waals surface area contributed by atoms with Crippen LogP contribution in [0.3, 0.4) is 0 Å². The Labute approximate surface area is 166 Å². The lowest BCUT2D eigenvalue weighted by Gasteiger charge is -2.42. The number of likely N-dealkylation sites (tertiary alicyclic amines) is 1. The molecular weight excluding hydrogens is 357 g/mol. The lowest BCUT2D eigenvalue weighted by atomic mass is 9.75. The second kappa shape index (κ2) is 8.43. The largest absolute Gasteiger partial charge is 0.396 e. The number of hydrogen-bond acceptors (Lipinski definition) is 3. The molecule has 152 valence electrons. The van der Waals surface area contributed by atoms with Crippen molar-refractivity contribution in [3.8, 4) is 0 Å². The lowest BCUT2D eigenvalue weighted by molar-refractivity contribution is -0.135. The fourth-order valence-electron chi connectivity index (χ4n) is 4.35. The van der Waals surface area contributed by atoms with Crippen LogP contribution in [0.25, 0.3) is 0 Å². The monoisotopic (exact) mass is 387 g/mol. The van der Waals surface area contributed by atoms with Gasteiger partial charge in [-0.15, -0.1) is 0 Å². The first-order valence-electron chi connectivity index (χ1n) is 9.96. The van der Waals surface area contributed by atoms with E-state index in [1.165, 1.54) is 12.1 Å². The van der Waals surface area contributed by atoms with Gasteiger partial charge in [0.2, 0.25) is 5.91 Å². The van der Waals surface area contributed by atoms with Crippen LogP contribution in [0.1, 0.15) is 41.8 Å². The highest BCUT2D eigenvalue weighted by Gasteiger charge is 2.36. The summed E-state index contributed by atoms with van der Waals surface area (Å²) >= 11 is 0. The highest BCUT2D eigenvalue weighted by Crippen LogP contribution is 2.34. The van der Waals surface area contributed by atoms with Gasteiger partial charge in [-0.2, -0.15) is 5.10 Å². The summed E-state index contributed by atoms with van der Waals surface area (Å²) < 4.78 is 15.0. The van der Waals surface area contributed by atoms with Crippen molar-refractivity contribution in [1.82, 2.24) is 14.7 Å². The normalized spacial score (nSPS) is 19.8. The van der Waals surface area contributed by atoms with E-state index >= 15 is 0 Å². The summed E-state index contributed by atoms with van der Waals surface area (Å²) in [7, 11) is 1.92. The molecule has 1 aromatic carbocycles. The van der Waals surface area contributed by atoms with Crippen LogP contribution in [0.2, 0.25) is 0 Å². The minimum atomic E-state index is -0.355. The van der Waals surface area contributed by atoms with Gasteiger partial charge >= 0.3 is 0 Å². The number of nitrogens with zero attached hydrogens (tertiary/aromatic N) is 3. The third kappa shape index (κ3) is 4.43. The number of aliphatic hydroxyl groups excluding tert-OH is 1. The van der Waals surface area contributed by atoms with Gasteiger partial charge in [-0.1, -0.05) is 12.1 Å². The van der Waals surface area contributed by atoms with E-state index in [2.05, 4.69) is 5.10 Å². The highest BCUT2D eigenvalue weighted by molar-refractivity contribution is 5.76. The molecule has 2 heterocycles. The number of aliphatic hydroxyl groups is 1. The smallest absolute Gasteiger partial charge is 0.222 e. The van der Waals surface area contributed by atoms with Crippen molar-refractivity contribution in [2.75, 3.05) is 19.7 Å². The molecule has 1 aliphatic rings. The van der Waals surface area contributed by atoms with Gasteiger partial charge in [-0.25, -0.2) is 4.39 Å². The van der Waals surface area contributed by atoms with Crippen LogP contribution in [0.4, 0.5) is 4.39 Å². The van der Waals surface area contributed by atoms with Gasteiger partial charge in [-0.3, -0.25) is 9.48 Å². The molecule has 1 fully saturated rings. The summed E-state index contributed by atoms with van der Waals surface area (Å²) in [4.78, 5) is 14.8. The number of aryl methyl sites for hydroxylation is 2. The topological polar surface area (TPSA) is 58.4 Å². The Morgan fingerprint density at radius 2 is 2.00 bits per heavy atom. The minimum Gasteiger partial charge on any atom is -0.396 e. The molecule has 5 nitrogen and oxygen atoms in total. The molecule has 0 saturated carbocycles. The molecule has 3 rings (SSSR count). The van der Waals surface area contributed by atoms with Gasteiger partial charge in [0.15, 0.2) is 0 Å². The van der Waals surface area contributed by atoms with E-state index in [1.54, 1.807) is 12.1 Å². The average Bonchev–Trinajstić information content (AvgIpc) is 2.93. The Morgan fingerprint density at radius 1 is 1.29 bits per heavy atom. The molecule has 1 aliphatic heterocycles. The Hall–Kier alpha value is -2.21. The molecule has 6 heteroatoms. The number of amides is 1. The van der Waals surface area contributed by atoms with E-state index in [9.17, 15) is 14.3 Å². The van der Waals surface area contributed by atoms with Crippen LogP contribution in [-0.2, 0) is 24.7 Å². The second-order valence-corrected chi connectivity index (χ2v) is 8.15. The van der Waals surface area contributed by atoms with E-state index in [4.69, 9.17) is 0 Å². The Morgan fingerprint density at radius 3 is 2.61 bits per heavy atom. The molecule has 0 spiro atoms. The molecule has 1 amide bonds. The van der Waals surface area contributed by atoms with E-state index in [0.29, 0.717) is 25.8 Å². The van der Waals surface area contributed by atoms with E-state index in [0.717, 1.165) is 41.9 Å². The molecule has 0 radical (unpaired) electrons. The Kier molecular flexibility index (Phi) is 6.18. The minimum absolute atomic E-state index is 0.0228. The number of carbonyl (C=O) groups is 1. The van der Waals surface area contributed by atoms with Gasteiger partial charge in [0, 0.05) is 37.7 Å². The third-order valence-electron chi connectivity index (χ3n) is 6.09. The van der Waals surface area contributed by atoms with E-state index in [-0.39, 0.29) is 23.7 Å². The van der Waals surface area contributed by atoms with Crippen molar-refractivity contribution in [2.45, 2.75) is 46.0 Å². The first-order valence-corrected chi connectivity index (χ1v) is 9.96. The van der Waals surface area contributed by atoms with Crippen LogP contribution >= 0.6 is 0 Å². The van der Waals surface area contributed by atoms with Crippen molar-refractivity contribution < 1.29 is 14.3 Å². The molecule has 1 aromatic heterocycles. The van der Waals surface area contributed by atoms with Gasteiger partial charge in [0.05, 0.1) is 12.3 Å². The standard InChI is InChI=1S/C22H30FN3O2/c1-16-20(17(2)25(3)24-16)9-10-21(28)26-12-4-11-22(14-26,15-27)13-18-5-7-19(23)8-6-18/h5-8,27H,4,9-15H2,1-3H3. The van der Waals surface area contributed by atoms with Crippen molar-refractivity contribution in [2.24, 2.45) is 12.5 Å². The number of halogens is 1. The number of benzene rings is 1. The molecular formula is C22H30FN3O2. The van der Waals surface area contributed by atoms with Crippen molar-refractivity contribution in [3.63, 3.8) is 0 Å². The molecule has 28 heavy (non-hydrogen) atoms. The fraction of sp³-hybridized carbons (Fsp3) is 0.545. The van der Waals surface area contributed by atoms with Crippen LogP contribution in [0.15, 0.2) is 24.3 Å². The van der Waals surface area contributed by atoms with E-state index in [1.807, 2.05) is 30.5 Å². The lowest BCUT2D eigenvalue weighted by Crippen LogP contribution is -2.49. The number of carbonyl (C=O) groups excluding carboxylic acids is 1. The molecule has 2 aromatic rings. The number of rotatable bonds is 6. The summed E-state index contributed by atoms with van der Waals surface area (Å²) in [6.07, 6.45) is 3.52. The molecule has 0 bridgehead atoms. The highest BCUT2D eigenvalue weighted by atomic mass is 19.1. The maximum Gasteiger partial charge on any atom is 0.222 e. The fourth-order valence-corrected chi connectivity index (χ4v) is 4.35. The van der Waals surface area contributed by atoms with Gasteiger partial charge in [0.25, 0.3) is 0 Å². The number of hydrogen-bond donors (Lipinski definition) is 1. The molecule has 1 N–H and O–H groups in total. The van der Waals surface area contributed by atoms with Crippen LogP contribution in [0.5, 0.6) is 0 Å². The summed E-state index contributed by atoms with van der Waals surface area (Å²) in [5, 5.41) is 14.5. The second-order valence-electron chi connectivity index (χ2n) is 8.15. The van der Waals surface area contributed by atoms with Crippen LogP contribution in [0, 0.1) is 25.1 Å². The summed E-state index contributed by atoms with van der Waals surface area (Å²) in [6.45, 7) is 5.31. The molecule has 1 atom stereocenters. The van der Waals surface area contributed by atoms with Crippen LogP contribution < -0.4 is 0 Å². The Balaban J connectivity index is 1.65. The maximum absolute atomic E-state index is 13.2. The summed E-state index contributed by atoms with van der Waals surface area (Å²) in [5.74, 6) is -0.137. The predicted octanol–water partition coefficient (Wildman–Crippen LogP) is 2.95. The average molecular weight is 387 g/mol. The van der Waals surface area contributed by atoms with Gasteiger partial charge in [0.1, 0.15) is 5.82 Å². The summed E-state index contributed by atoms with van der Waals surface area (Å²) in [6, 6.07) is 6.43. The third-order valence-corrected chi connectivity index (χ3v) is 6.09.